The molecule has 152 valence electrons. The fourth-order valence-corrected chi connectivity index (χ4v) is 4.54. The molecule has 0 bridgehead atoms. The lowest BCUT2D eigenvalue weighted by atomic mass is 10.1. The van der Waals surface area contributed by atoms with Crippen LogP contribution in [0.1, 0.15) is 34.6 Å². The molecule has 2 aromatic carbocycles. The molecule has 0 N–H and O–H groups in total. The van der Waals surface area contributed by atoms with Crippen LogP contribution in [0.4, 0.5) is 5.69 Å². The number of rotatable bonds is 7. The van der Waals surface area contributed by atoms with Crippen LogP contribution in [0, 0.1) is 13.8 Å². The van der Waals surface area contributed by atoms with Gasteiger partial charge in [-0.1, -0.05) is 24.3 Å². The standard InChI is InChI=1S/C20H21N3O5S/c1-4-23(17-8-6-5-7-9-17)29(25,26)18-12-16(11-10-14(18)2)20(24)27-13-19-22-21-15(3)28-19/h5-12H,4,13H2,1-3H3. The second-order valence-corrected chi connectivity index (χ2v) is 8.11. The van der Waals surface area contributed by atoms with Crippen LogP contribution in [-0.4, -0.2) is 31.1 Å². The van der Waals surface area contributed by atoms with Crippen molar-refractivity contribution in [3.05, 3.63) is 71.4 Å². The molecule has 0 aliphatic carbocycles. The molecule has 0 saturated heterocycles. The molecule has 1 aromatic heterocycles. The van der Waals surface area contributed by atoms with E-state index in [4.69, 9.17) is 9.15 Å². The topological polar surface area (TPSA) is 103 Å². The molecule has 0 spiro atoms. The van der Waals surface area contributed by atoms with Gasteiger partial charge < -0.3 is 9.15 Å². The van der Waals surface area contributed by atoms with E-state index in [1.807, 2.05) is 6.07 Å². The van der Waals surface area contributed by atoms with Crippen LogP contribution in [0.5, 0.6) is 0 Å². The number of carbonyl (C=O) groups excluding carboxylic acids is 1. The summed E-state index contributed by atoms with van der Waals surface area (Å²) in [6.45, 7) is 5.12. The molecule has 9 heteroatoms. The zero-order valence-corrected chi connectivity index (χ0v) is 17.1. The van der Waals surface area contributed by atoms with Gasteiger partial charge >= 0.3 is 5.97 Å². The third-order valence-electron chi connectivity index (χ3n) is 4.22. The number of hydrogen-bond acceptors (Lipinski definition) is 7. The van der Waals surface area contributed by atoms with Gasteiger partial charge in [0.1, 0.15) is 0 Å². The molecular weight excluding hydrogens is 394 g/mol. The Kier molecular flexibility index (Phi) is 5.97. The number of para-hydroxylation sites is 1. The summed E-state index contributed by atoms with van der Waals surface area (Å²) in [5.41, 5.74) is 1.20. The molecule has 0 fully saturated rings. The van der Waals surface area contributed by atoms with Crippen molar-refractivity contribution in [2.75, 3.05) is 10.8 Å². The highest BCUT2D eigenvalue weighted by Crippen LogP contribution is 2.26. The van der Waals surface area contributed by atoms with Gasteiger partial charge in [0.25, 0.3) is 15.9 Å². The van der Waals surface area contributed by atoms with Crippen LogP contribution in [-0.2, 0) is 21.4 Å². The van der Waals surface area contributed by atoms with Gasteiger partial charge in [0.05, 0.1) is 16.1 Å². The van der Waals surface area contributed by atoms with Gasteiger partial charge in [-0.05, 0) is 43.7 Å². The molecule has 3 aromatic rings. The molecule has 0 aliphatic rings. The predicted molar refractivity (Wildman–Crippen MR) is 106 cm³/mol. The average molecular weight is 415 g/mol. The molecule has 8 nitrogen and oxygen atoms in total. The largest absolute Gasteiger partial charge is 0.452 e. The van der Waals surface area contributed by atoms with Gasteiger partial charge in [-0.25, -0.2) is 13.2 Å². The van der Waals surface area contributed by atoms with E-state index in [0.717, 1.165) is 0 Å². The Hall–Kier alpha value is -3.20. The maximum atomic E-state index is 13.3. The molecule has 1 heterocycles. The maximum Gasteiger partial charge on any atom is 0.338 e. The van der Waals surface area contributed by atoms with Gasteiger partial charge in [-0.2, -0.15) is 0 Å². The van der Waals surface area contributed by atoms with Crippen LogP contribution in [0.15, 0.2) is 57.8 Å². The molecular formula is C20H21N3O5S. The second kappa shape index (κ2) is 8.44. The highest BCUT2D eigenvalue weighted by Gasteiger charge is 2.26. The van der Waals surface area contributed by atoms with Crippen LogP contribution >= 0.6 is 0 Å². The zero-order chi connectivity index (χ0) is 21.0. The first kappa shape index (κ1) is 20.5. The van der Waals surface area contributed by atoms with Crippen molar-refractivity contribution in [2.24, 2.45) is 0 Å². The minimum absolute atomic E-state index is 0.0475. The minimum atomic E-state index is -3.87. The average Bonchev–Trinajstić information content (AvgIpc) is 3.12. The number of hydrogen-bond donors (Lipinski definition) is 0. The summed E-state index contributed by atoms with van der Waals surface area (Å²) >= 11 is 0. The summed E-state index contributed by atoms with van der Waals surface area (Å²) in [5, 5.41) is 7.41. The number of esters is 1. The quantitative estimate of drug-likeness (QED) is 0.546. The SMILES string of the molecule is CCN(c1ccccc1)S(=O)(=O)c1cc(C(=O)OCc2nnc(C)o2)ccc1C. The lowest BCUT2D eigenvalue weighted by molar-refractivity contribution is 0.0436. The molecule has 0 atom stereocenters. The number of anilines is 1. The predicted octanol–water partition coefficient (Wildman–Crippen LogP) is 3.26. The lowest BCUT2D eigenvalue weighted by Crippen LogP contribution is -2.31. The molecule has 29 heavy (non-hydrogen) atoms. The van der Waals surface area contributed by atoms with Crippen molar-refractivity contribution >= 4 is 21.7 Å². The van der Waals surface area contributed by atoms with E-state index < -0.39 is 16.0 Å². The number of aromatic nitrogens is 2. The molecule has 0 aliphatic heterocycles. The fourth-order valence-electron chi connectivity index (χ4n) is 2.82. The van der Waals surface area contributed by atoms with Crippen LogP contribution < -0.4 is 4.31 Å². The molecule has 3 rings (SSSR count). The normalized spacial score (nSPS) is 11.3. The lowest BCUT2D eigenvalue weighted by Gasteiger charge is -2.24. The van der Waals surface area contributed by atoms with Crippen molar-refractivity contribution in [2.45, 2.75) is 32.3 Å². The number of ether oxygens (including phenoxy) is 1. The number of benzene rings is 2. The van der Waals surface area contributed by atoms with Gasteiger partial charge in [0.2, 0.25) is 5.89 Å². The van der Waals surface area contributed by atoms with Gasteiger partial charge in [-0.15, -0.1) is 10.2 Å². The van der Waals surface area contributed by atoms with Crippen molar-refractivity contribution in [1.29, 1.82) is 0 Å². The van der Waals surface area contributed by atoms with E-state index in [2.05, 4.69) is 10.2 Å². The monoisotopic (exact) mass is 415 g/mol. The van der Waals surface area contributed by atoms with Crippen LogP contribution in [0.2, 0.25) is 0 Å². The first-order chi connectivity index (χ1) is 13.8. The molecule has 0 saturated carbocycles. The molecule has 0 unspecified atom stereocenters. The van der Waals surface area contributed by atoms with Crippen LogP contribution in [0.25, 0.3) is 0 Å². The van der Waals surface area contributed by atoms with Gasteiger partial charge in [-0.3, -0.25) is 4.31 Å². The fraction of sp³-hybridized carbons (Fsp3) is 0.250. The number of sulfonamides is 1. The summed E-state index contributed by atoms with van der Waals surface area (Å²) in [7, 11) is -3.87. The van der Waals surface area contributed by atoms with E-state index in [1.165, 1.54) is 16.4 Å². The summed E-state index contributed by atoms with van der Waals surface area (Å²) in [6.07, 6.45) is 0. The summed E-state index contributed by atoms with van der Waals surface area (Å²) in [4.78, 5) is 12.5. The molecule has 0 radical (unpaired) electrons. The number of carbonyl (C=O) groups is 1. The Morgan fingerprint density at radius 3 is 2.45 bits per heavy atom. The van der Waals surface area contributed by atoms with Gasteiger partial charge in [0.15, 0.2) is 6.61 Å². The van der Waals surface area contributed by atoms with Crippen molar-refractivity contribution in [3.8, 4) is 0 Å². The number of nitrogens with zero attached hydrogens (tertiary/aromatic N) is 3. The second-order valence-electron chi connectivity index (χ2n) is 6.28. The van der Waals surface area contributed by atoms with Crippen molar-refractivity contribution in [3.63, 3.8) is 0 Å². The highest BCUT2D eigenvalue weighted by molar-refractivity contribution is 7.92. The Morgan fingerprint density at radius 2 is 1.83 bits per heavy atom. The summed E-state index contributed by atoms with van der Waals surface area (Å²) in [6, 6.07) is 13.2. The Morgan fingerprint density at radius 1 is 1.10 bits per heavy atom. The van der Waals surface area contributed by atoms with Crippen molar-refractivity contribution in [1.82, 2.24) is 10.2 Å². The summed E-state index contributed by atoms with van der Waals surface area (Å²) < 4.78 is 38.2. The highest BCUT2D eigenvalue weighted by atomic mass is 32.2. The summed E-state index contributed by atoms with van der Waals surface area (Å²) in [5.74, 6) is -0.155. The maximum absolute atomic E-state index is 13.3. The third kappa shape index (κ3) is 4.45. The van der Waals surface area contributed by atoms with Crippen molar-refractivity contribution < 1.29 is 22.4 Å². The smallest absolute Gasteiger partial charge is 0.338 e. The van der Waals surface area contributed by atoms with Crippen LogP contribution in [0.3, 0.4) is 0 Å². The van der Waals surface area contributed by atoms with Gasteiger partial charge in [0, 0.05) is 13.5 Å². The number of aryl methyl sites for hydroxylation is 2. The van der Waals surface area contributed by atoms with E-state index in [9.17, 15) is 13.2 Å². The van der Waals surface area contributed by atoms with E-state index >= 15 is 0 Å². The Balaban J connectivity index is 1.88. The van der Waals surface area contributed by atoms with E-state index in [1.54, 1.807) is 51.1 Å². The molecule has 0 amide bonds. The first-order valence-corrected chi connectivity index (χ1v) is 10.4. The minimum Gasteiger partial charge on any atom is -0.452 e. The Bertz CT molecular complexity index is 1110. The zero-order valence-electron chi connectivity index (χ0n) is 16.3. The Labute approximate surface area is 169 Å². The third-order valence-corrected chi connectivity index (χ3v) is 6.26. The van der Waals surface area contributed by atoms with E-state index in [-0.39, 0.29) is 29.5 Å². The first-order valence-electron chi connectivity index (χ1n) is 8.97. The van der Waals surface area contributed by atoms with E-state index in [0.29, 0.717) is 17.1 Å².